The Kier molecular flexibility index (Phi) is 9.66. The fourth-order valence-electron chi connectivity index (χ4n) is 5.13. The fourth-order valence-corrected chi connectivity index (χ4v) is 5.13. The van der Waals surface area contributed by atoms with Gasteiger partial charge in [0.2, 0.25) is 5.91 Å². The van der Waals surface area contributed by atoms with Crippen LogP contribution in [-0.2, 0) is 25.7 Å². The number of amides is 2. The minimum atomic E-state index is -0.689. The number of para-hydroxylation sites is 1. The quantitative estimate of drug-likeness (QED) is 0.133. The highest BCUT2D eigenvalue weighted by molar-refractivity contribution is 6.04. The standard InChI is InChI=1S/C35H33N3O6/c1-42-32(39)21-28-20-30(38(34(28)40)29-10-6-3-7-11-29)23-43-31-18-16-26(17-19-31)25-12-14-27(15-13-25)33(36)37-35(41)44-22-24-8-4-2-5-9-24/h2-19,28,30H,20-23H2,1H3,(H2,36,37,41)/t28-,30-/m0/s1. The molecule has 9 nitrogen and oxygen atoms in total. The summed E-state index contributed by atoms with van der Waals surface area (Å²) in [6.07, 6.45) is -0.162. The van der Waals surface area contributed by atoms with Crippen molar-refractivity contribution in [3.8, 4) is 16.9 Å². The van der Waals surface area contributed by atoms with E-state index in [9.17, 15) is 14.4 Å². The van der Waals surface area contributed by atoms with Gasteiger partial charge in [0.05, 0.1) is 25.5 Å². The van der Waals surface area contributed by atoms with Gasteiger partial charge in [-0.05, 0) is 47.4 Å². The van der Waals surface area contributed by atoms with Crippen LogP contribution in [0.5, 0.6) is 5.75 Å². The lowest BCUT2D eigenvalue weighted by atomic mass is 10.0. The van der Waals surface area contributed by atoms with Crippen LogP contribution in [0.3, 0.4) is 0 Å². The Morgan fingerprint density at radius 2 is 1.48 bits per heavy atom. The molecule has 4 aromatic carbocycles. The van der Waals surface area contributed by atoms with Gasteiger partial charge in [0, 0.05) is 11.3 Å². The zero-order valence-electron chi connectivity index (χ0n) is 24.3. The van der Waals surface area contributed by atoms with Gasteiger partial charge in [-0.25, -0.2) is 4.79 Å². The molecule has 0 bridgehead atoms. The van der Waals surface area contributed by atoms with Gasteiger partial charge in [-0.2, -0.15) is 0 Å². The number of carbonyl (C=O) groups excluding carboxylic acids is 3. The van der Waals surface area contributed by atoms with Crippen LogP contribution in [0.4, 0.5) is 10.5 Å². The normalized spacial score (nSPS) is 15.8. The number of hydrogen-bond acceptors (Lipinski definition) is 7. The van der Waals surface area contributed by atoms with E-state index in [1.165, 1.54) is 7.11 Å². The van der Waals surface area contributed by atoms with E-state index in [1.807, 2.05) is 97.1 Å². The molecule has 4 aromatic rings. The second-order valence-corrected chi connectivity index (χ2v) is 10.4. The number of hydrogen-bond donors (Lipinski definition) is 2. The highest BCUT2D eigenvalue weighted by Gasteiger charge is 2.41. The fraction of sp³-hybridized carbons (Fsp3) is 0.200. The predicted octanol–water partition coefficient (Wildman–Crippen LogP) is 5.97. The molecular formula is C35H33N3O6. The van der Waals surface area contributed by atoms with E-state index in [0.29, 0.717) is 17.7 Å². The Labute approximate surface area is 255 Å². The summed E-state index contributed by atoms with van der Waals surface area (Å²) in [5, 5.41) is 10.7. The lowest BCUT2D eigenvalue weighted by Crippen LogP contribution is -2.37. The zero-order chi connectivity index (χ0) is 30.9. The monoisotopic (exact) mass is 591 g/mol. The maximum atomic E-state index is 13.2. The summed E-state index contributed by atoms with van der Waals surface area (Å²) < 4.78 is 16.1. The molecule has 5 rings (SSSR count). The van der Waals surface area contributed by atoms with Gasteiger partial charge < -0.3 is 19.1 Å². The number of ether oxygens (including phenoxy) is 3. The molecule has 1 saturated heterocycles. The number of nitrogens with zero attached hydrogens (tertiary/aromatic N) is 1. The van der Waals surface area contributed by atoms with Gasteiger partial charge in [0.25, 0.3) is 0 Å². The van der Waals surface area contributed by atoms with Crippen molar-refractivity contribution in [2.75, 3.05) is 18.6 Å². The van der Waals surface area contributed by atoms with Crippen molar-refractivity contribution in [1.82, 2.24) is 5.32 Å². The van der Waals surface area contributed by atoms with Crippen molar-refractivity contribution < 1.29 is 28.6 Å². The molecule has 0 aromatic heterocycles. The Morgan fingerprint density at radius 3 is 2.11 bits per heavy atom. The number of amidine groups is 1. The van der Waals surface area contributed by atoms with Crippen molar-refractivity contribution in [3.63, 3.8) is 0 Å². The van der Waals surface area contributed by atoms with Gasteiger partial charge in [-0.3, -0.25) is 20.3 Å². The molecule has 1 fully saturated rings. The van der Waals surface area contributed by atoms with Crippen molar-refractivity contribution in [2.24, 2.45) is 5.92 Å². The van der Waals surface area contributed by atoms with Crippen LogP contribution in [0.1, 0.15) is 24.0 Å². The average Bonchev–Trinajstić information content (AvgIpc) is 3.37. The van der Waals surface area contributed by atoms with Gasteiger partial charge in [0.1, 0.15) is 24.8 Å². The van der Waals surface area contributed by atoms with Crippen molar-refractivity contribution in [2.45, 2.75) is 25.5 Å². The Balaban J connectivity index is 1.16. The maximum absolute atomic E-state index is 13.2. The molecule has 0 radical (unpaired) electrons. The lowest BCUT2D eigenvalue weighted by Gasteiger charge is -2.25. The summed E-state index contributed by atoms with van der Waals surface area (Å²) >= 11 is 0. The summed E-state index contributed by atoms with van der Waals surface area (Å²) in [6.45, 7) is 0.397. The van der Waals surface area contributed by atoms with E-state index >= 15 is 0 Å². The first kappa shape index (κ1) is 30.0. The topological polar surface area (TPSA) is 118 Å². The summed E-state index contributed by atoms with van der Waals surface area (Å²) in [6, 6.07) is 33.4. The van der Waals surface area contributed by atoms with Crippen LogP contribution in [0.25, 0.3) is 11.1 Å². The van der Waals surface area contributed by atoms with Crippen LogP contribution in [0, 0.1) is 11.3 Å². The smallest absolute Gasteiger partial charge is 0.413 e. The average molecular weight is 592 g/mol. The summed E-state index contributed by atoms with van der Waals surface area (Å²) in [5.74, 6) is -0.375. The minimum absolute atomic E-state index is 0.0382. The molecule has 1 heterocycles. The third-order valence-corrected chi connectivity index (χ3v) is 7.43. The zero-order valence-corrected chi connectivity index (χ0v) is 24.3. The van der Waals surface area contributed by atoms with Crippen LogP contribution in [0.15, 0.2) is 109 Å². The summed E-state index contributed by atoms with van der Waals surface area (Å²) in [7, 11) is 1.32. The third kappa shape index (κ3) is 7.49. The number of esters is 1. The number of rotatable bonds is 10. The minimum Gasteiger partial charge on any atom is -0.491 e. The van der Waals surface area contributed by atoms with Crippen LogP contribution >= 0.6 is 0 Å². The molecule has 0 unspecified atom stereocenters. The number of benzene rings is 4. The number of alkyl carbamates (subject to hydrolysis) is 1. The molecule has 0 spiro atoms. The van der Waals surface area contributed by atoms with Crippen LogP contribution < -0.4 is 15.0 Å². The van der Waals surface area contributed by atoms with Crippen molar-refractivity contribution in [3.05, 3.63) is 120 Å². The number of anilines is 1. The molecule has 1 aliphatic rings. The van der Waals surface area contributed by atoms with Crippen molar-refractivity contribution in [1.29, 1.82) is 5.41 Å². The first-order valence-corrected chi connectivity index (χ1v) is 14.3. The molecule has 0 aliphatic carbocycles. The lowest BCUT2D eigenvalue weighted by molar-refractivity contribution is -0.143. The van der Waals surface area contributed by atoms with Gasteiger partial charge in [-0.15, -0.1) is 0 Å². The first-order chi connectivity index (χ1) is 21.4. The largest absolute Gasteiger partial charge is 0.491 e. The second kappa shape index (κ2) is 14.2. The highest BCUT2D eigenvalue weighted by atomic mass is 16.5. The number of methoxy groups -OCH3 is 1. The van der Waals surface area contributed by atoms with Crippen LogP contribution in [-0.4, -0.2) is 43.6 Å². The van der Waals surface area contributed by atoms with Crippen molar-refractivity contribution >= 4 is 29.5 Å². The van der Waals surface area contributed by atoms with Crippen LogP contribution in [0.2, 0.25) is 0 Å². The van der Waals surface area contributed by atoms with E-state index in [-0.39, 0.29) is 37.4 Å². The van der Waals surface area contributed by atoms with E-state index in [1.54, 1.807) is 17.0 Å². The Hall–Kier alpha value is -5.44. The van der Waals surface area contributed by atoms with E-state index < -0.39 is 18.0 Å². The molecule has 1 aliphatic heterocycles. The molecule has 44 heavy (non-hydrogen) atoms. The second-order valence-electron chi connectivity index (χ2n) is 10.4. The Bertz CT molecular complexity index is 1590. The molecule has 2 atom stereocenters. The molecule has 2 N–H and O–H groups in total. The summed E-state index contributed by atoms with van der Waals surface area (Å²) in [5.41, 5.74) is 4.06. The highest BCUT2D eigenvalue weighted by Crippen LogP contribution is 2.33. The molecule has 9 heteroatoms. The van der Waals surface area contributed by atoms with E-state index in [4.69, 9.17) is 19.6 Å². The predicted molar refractivity (Wildman–Crippen MR) is 166 cm³/mol. The number of carbonyl (C=O) groups is 3. The molecule has 224 valence electrons. The Morgan fingerprint density at radius 1 is 0.864 bits per heavy atom. The van der Waals surface area contributed by atoms with Gasteiger partial charge in [0.15, 0.2) is 0 Å². The van der Waals surface area contributed by atoms with Gasteiger partial charge in [-0.1, -0.05) is 84.9 Å². The summed E-state index contributed by atoms with van der Waals surface area (Å²) in [4.78, 5) is 38.9. The van der Waals surface area contributed by atoms with E-state index in [2.05, 4.69) is 5.32 Å². The first-order valence-electron chi connectivity index (χ1n) is 14.3. The molecule has 0 saturated carbocycles. The van der Waals surface area contributed by atoms with E-state index in [0.717, 1.165) is 22.4 Å². The molecular weight excluding hydrogens is 558 g/mol. The number of nitrogens with one attached hydrogen (secondary N) is 2. The van der Waals surface area contributed by atoms with Gasteiger partial charge >= 0.3 is 12.1 Å². The molecule has 2 amide bonds. The SMILES string of the molecule is COC(=O)C[C@@H]1C[C@@H](COc2ccc(-c3ccc(C(=N)NC(=O)OCc4ccccc4)cc3)cc2)N(c2ccccc2)C1=O. The maximum Gasteiger partial charge on any atom is 0.413 e. The third-order valence-electron chi connectivity index (χ3n) is 7.43.